The first-order chi connectivity index (χ1) is 10.3. The van der Waals surface area contributed by atoms with Crippen LogP contribution in [0.4, 0.5) is 0 Å². The van der Waals surface area contributed by atoms with E-state index in [1.165, 1.54) is 32.4 Å². The number of nitrogens with zero attached hydrogens (tertiary/aromatic N) is 1. The Morgan fingerprint density at radius 3 is 2.45 bits per heavy atom. The molecule has 22 heavy (non-hydrogen) atoms. The molecule has 0 bridgehead atoms. The number of nitrogens with one attached hydrogen (secondary N) is 1. The standard InChI is InChI=1S/C14H21ClN2O4S/c1-5-11(6-2)16-14(18)10-7-8-12(15)13(9-10)22(19,20)17(3)21-4/h7-9,11H,5-6H2,1-4H3,(H,16,18). The molecule has 124 valence electrons. The van der Waals surface area contributed by atoms with Crippen LogP contribution in [0.3, 0.4) is 0 Å². The van der Waals surface area contributed by atoms with Crippen molar-refractivity contribution in [2.45, 2.75) is 37.6 Å². The maximum Gasteiger partial charge on any atom is 0.266 e. The van der Waals surface area contributed by atoms with Gasteiger partial charge in [-0.1, -0.05) is 29.9 Å². The van der Waals surface area contributed by atoms with E-state index in [0.29, 0.717) is 4.47 Å². The van der Waals surface area contributed by atoms with Crippen LogP contribution in [0.15, 0.2) is 23.1 Å². The Balaban J connectivity index is 3.17. The van der Waals surface area contributed by atoms with Crippen LogP contribution in [-0.4, -0.2) is 39.0 Å². The molecule has 8 heteroatoms. The van der Waals surface area contributed by atoms with Crippen molar-refractivity contribution >= 4 is 27.5 Å². The number of hydroxylamine groups is 1. The SMILES string of the molecule is CCC(CC)NC(=O)c1ccc(Cl)c(S(=O)(=O)N(C)OC)c1. The lowest BCUT2D eigenvalue weighted by Gasteiger charge is -2.17. The van der Waals surface area contributed by atoms with Gasteiger partial charge in [0.15, 0.2) is 0 Å². The van der Waals surface area contributed by atoms with Crippen molar-refractivity contribution in [1.29, 1.82) is 0 Å². The molecular formula is C14H21ClN2O4S. The van der Waals surface area contributed by atoms with Crippen molar-refractivity contribution in [3.05, 3.63) is 28.8 Å². The molecule has 0 spiro atoms. The quantitative estimate of drug-likeness (QED) is 0.768. The fourth-order valence-corrected chi connectivity index (χ4v) is 3.31. The highest BCUT2D eigenvalue weighted by Gasteiger charge is 2.25. The third-order valence-electron chi connectivity index (χ3n) is 3.39. The molecule has 6 nitrogen and oxygen atoms in total. The van der Waals surface area contributed by atoms with E-state index in [0.717, 1.165) is 12.8 Å². The highest BCUT2D eigenvalue weighted by Crippen LogP contribution is 2.25. The van der Waals surface area contributed by atoms with Gasteiger partial charge in [-0.3, -0.25) is 9.63 Å². The molecule has 0 aliphatic carbocycles. The Bertz CT molecular complexity index is 630. The minimum Gasteiger partial charge on any atom is -0.349 e. The van der Waals surface area contributed by atoms with Gasteiger partial charge < -0.3 is 5.32 Å². The summed E-state index contributed by atoms with van der Waals surface area (Å²) >= 11 is 5.95. The van der Waals surface area contributed by atoms with E-state index < -0.39 is 10.0 Å². The van der Waals surface area contributed by atoms with Gasteiger partial charge in [0.05, 0.1) is 12.1 Å². The van der Waals surface area contributed by atoms with Crippen molar-refractivity contribution in [1.82, 2.24) is 9.79 Å². The Morgan fingerprint density at radius 2 is 1.95 bits per heavy atom. The molecular weight excluding hydrogens is 328 g/mol. The molecule has 0 saturated carbocycles. The van der Waals surface area contributed by atoms with Gasteiger partial charge in [-0.15, -0.1) is 0 Å². The third kappa shape index (κ3) is 4.19. The van der Waals surface area contributed by atoms with Crippen molar-refractivity contribution in [3.63, 3.8) is 0 Å². The van der Waals surface area contributed by atoms with Crippen LogP contribution in [0.1, 0.15) is 37.0 Å². The number of hydrogen-bond donors (Lipinski definition) is 1. The Morgan fingerprint density at radius 1 is 1.36 bits per heavy atom. The largest absolute Gasteiger partial charge is 0.349 e. The zero-order valence-electron chi connectivity index (χ0n) is 13.1. The first-order valence-electron chi connectivity index (χ1n) is 6.91. The van der Waals surface area contributed by atoms with Crippen LogP contribution in [0.5, 0.6) is 0 Å². The number of sulfonamides is 1. The lowest BCUT2D eigenvalue weighted by Crippen LogP contribution is -2.34. The van der Waals surface area contributed by atoms with E-state index in [-0.39, 0.29) is 27.4 Å². The fraction of sp³-hybridized carbons (Fsp3) is 0.500. The number of benzene rings is 1. The number of rotatable bonds is 7. The van der Waals surface area contributed by atoms with Crippen molar-refractivity contribution in [2.75, 3.05) is 14.2 Å². The maximum atomic E-state index is 12.3. The highest BCUT2D eigenvalue weighted by molar-refractivity contribution is 7.89. The number of hydrogen-bond acceptors (Lipinski definition) is 4. The zero-order chi connectivity index (χ0) is 16.9. The molecule has 0 radical (unpaired) electrons. The Kier molecular flexibility index (Phi) is 6.80. The fourth-order valence-electron chi connectivity index (χ4n) is 1.84. The lowest BCUT2D eigenvalue weighted by molar-refractivity contribution is -0.0258. The van der Waals surface area contributed by atoms with Gasteiger partial charge in [-0.2, -0.15) is 0 Å². The maximum absolute atomic E-state index is 12.3. The van der Waals surface area contributed by atoms with Gasteiger partial charge in [0.1, 0.15) is 4.90 Å². The summed E-state index contributed by atoms with van der Waals surface area (Å²) < 4.78 is 25.2. The van der Waals surface area contributed by atoms with Crippen LogP contribution in [-0.2, 0) is 14.9 Å². The second-order valence-electron chi connectivity index (χ2n) is 4.73. The normalized spacial score (nSPS) is 12.0. The summed E-state index contributed by atoms with van der Waals surface area (Å²) in [5, 5.41) is 2.88. The first-order valence-corrected chi connectivity index (χ1v) is 8.73. The highest BCUT2D eigenvalue weighted by atomic mass is 35.5. The molecule has 0 aromatic heterocycles. The van der Waals surface area contributed by atoms with E-state index in [2.05, 4.69) is 5.32 Å². The molecule has 1 aromatic carbocycles. The summed E-state index contributed by atoms with van der Waals surface area (Å²) in [4.78, 5) is 16.7. The second-order valence-corrected chi connectivity index (χ2v) is 7.04. The zero-order valence-corrected chi connectivity index (χ0v) is 14.7. The monoisotopic (exact) mass is 348 g/mol. The van der Waals surface area contributed by atoms with Crippen LogP contribution in [0.25, 0.3) is 0 Å². The van der Waals surface area contributed by atoms with Gasteiger partial charge >= 0.3 is 0 Å². The molecule has 0 heterocycles. The summed E-state index contributed by atoms with van der Waals surface area (Å²) in [7, 11) is -1.43. The molecule has 0 aliphatic heterocycles. The number of halogens is 1. The van der Waals surface area contributed by atoms with Crippen molar-refractivity contribution < 1.29 is 18.0 Å². The molecule has 0 unspecified atom stereocenters. The Hall–Kier alpha value is -1.15. The molecule has 1 rings (SSSR count). The average molecular weight is 349 g/mol. The molecule has 1 N–H and O–H groups in total. The molecule has 0 fully saturated rings. The summed E-state index contributed by atoms with van der Waals surface area (Å²) in [5.74, 6) is -0.332. The smallest absolute Gasteiger partial charge is 0.266 e. The van der Waals surface area contributed by atoms with Crippen LogP contribution < -0.4 is 5.32 Å². The van der Waals surface area contributed by atoms with Gasteiger partial charge in [0.2, 0.25) is 0 Å². The molecule has 0 saturated heterocycles. The molecule has 1 amide bonds. The predicted molar refractivity (Wildman–Crippen MR) is 85.2 cm³/mol. The summed E-state index contributed by atoms with van der Waals surface area (Å²) in [6.07, 6.45) is 1.60. The number of amides is 1. The summed E-state index contributed by atoms with van der Waals surface area (Å²) in [6, 6.07) is 4.18. The molecule has 0 aliphatic rings. The first kappa shape index (κ1) is 18.9. The number of carbonyl (C=O) groups excluding carboxylic acids is 1. The van der Waals surface area contributed by atoms with Crippen LogP contribution in [0, 0.1) is 0 Å². The van der Waals surface area contributed by atoms with Gasteiger partial charge in [-0.05, 0) is 31.0 Å². The molecule has 1 aromatic rings. The van der Waals surface area contributed by atoms with E-state index in [1.54, 1.807) is 0 Å². The Labute approximate surface area is 136 Å². The third-order valence-corrected chi connectivity index (χ3v) is 5.55. The van der Waals surface area contributed by atoms with Gasteiger partial charge in [0.25, 0.3) is 15.9 Å². The summed E-state index contributed by atoms with van der Waals surface area (Å²) in [5.41, 5.74) is 0.236. The van der Waals surface area contributed by atoms with E-state index in [4.69, 9.17) is 16.4 Å². The number of carbonyl (C=O) groups is 1. The van der Waals surface area contributed by atoms with E-state index >= 15 is 0 Å². The van der Waals surface area contributed by atoms with Gasteiger partial charge in [-0.25, -0.2) is 8.42 Å². The molecule has 0 atom stereocenters. The van der Waals surface area contributed by atoms with Crippen molar-refractivity contribution in [3.8, 4) is 0 Å². The van der Waals surface area contributed by atoms with Gasteiger partial charge in [0, 0.05) is 18.7 Å². The van der Waals surface area contributed by atoms with Crippen LogP contribution >= 0.6 is 11.6 Å². The predicted octanol–water partition coefficient (Wildman–Crippen LogP) is 2.44. The summed E-state index contributed by atoms with van der Waals surface area (Å²) in [6.45, 7) is 3.94. The topological polar surface area (TPSA) is 75.7 Å². The van der Waals surface area contributed by atoms with Crippen molar-refractivity contribution in [2.24, 2.45) is 0 Å². The lowest BCUT2D eigenvalue weighted by atomic mass is 10.1. The van der Waals surface area contributed by atoms with Crippen LogP contribution in [0.2, 0.25) is 5.02 Å². The second kappa shape index (κ2) is 7.92. The van der Waals surface area contributed by atoms with E-state index in [1.807, 2.05) is 13.8 Å². The minimum atomic E-state index is -3.92. The average Bonchev–Trinajstić information content (AvgIpc) is 2.51. The van der Waals surface area contributed by atoms with E-state index in [9.17, 15) is 13.2 Å². The minimum absolute atomic E-state index is 0.0305.